The van der Waals surface area contributed by atoms with Gasteiger partial charge in [-0.05, 0) is 60.7 Å². The molecule has 44 heavy (non-hydrogen) atoms. The summed E-state index contributed by atoms with van der Waals surface area (Å²) in [6.45, 7) is 16.4. The van der Waals surface area contributed by atoms with Gasteiger partial charge in [0.15, 0.2) is 0 Å². The highest BCUT2D eigenvalue weighted by molar-refractivity contribution is 6.74. The molecule has 7 nitrogen and oxygen atoms in total. The monoisotopic (exact) mass is 618 g/mol. The Morgan fingerprint density at radius 3 is 2.48 bits per heavy atom. The quantitative estimate of drug-likeness (QED) is 0.0924. The van der Waals surface area contributed by atoms with Gasteiger partial charge in [0.25, 0.3) is 8.32 Å². The molecular weight excluding hydrogens is 572 g/mol. The van der Waals surface area contributed by atoms with Crippen LogP contribution in [0.3, 0.4) is 0 Å². The van der Waals surface area contributed by atoms with Crippen molar-refractivity contribution in [3.8, 4) is 5.75 Å². The lowest BCUT2D eigenvalue weighted by atomic mass is 9.93. The molecule has 1 unspecified atom stereocenters. The van der Waals surface area contributed by atoms with Crippen LogP contribution in [0.1, 0.15) is 73.2 Å². The maximum Gasteiger partial charge on any atom is 0.342 e. The molecule has 0 aliphatic carbocycles. The first-order valence-electron chi connectivity index (χ1n) is 15.2. The van der Waals surface area contributed by atoms with Crippen LogP contribution in [0.2, 0.25) is 18.1 Å². The van der Waals surface area contributed by atoms with Crippen molar-refractivity contribution >= 4 is 26.2 Å². The predicted molar refractivity (Wildman–Crippen MR) is 175 cm³/mol. The number of hydrogen-bond acceptors (Lipinski definition) is 7. The van der Waals surface area contributed by atoms with E-state index >= 15 is 0 Å². The first kappa shape index (κ1) is 34.6. The van der Waals surface area contributed by atoms with E-state index in [1.807, 2.05) is 37.3 Å². The summed E-state index contributed by atoms with van der Waals surface area (Å²) in [6, 6.07) is 14.5. The van der Waals surface area contributed by atoms with E-state index in [-0.39, 0.29) is 30.4 Å². The molecule has 0 radical (unpaired) electrons. The fourth-order valence-corrected chi connectivity index (χ4v) is 5.53. The Bertz CT molecular complexity index is 1350. The van der Waals surface area contributed by atoms with Crippen LogP contribution in [-0.2, 0) is 25.4 Å². The van der Waals surface area contributed by atoms with Crippen LogP contribution in [0, 0.1) is 5.92 Å². The first-order valence-corrected chi connectivity index (χ1v) is 18.1. The Hall–Kier alpha value is -3.91. The van der Waals surface area contributed by atoms with E-state index in [0.29, 0.717) is 29.7 Å². The van der Waals surface area contributed by atoms with E-state index in [9.17, 15) is 14.4 Å². The second kappa shape index (κ2) is 15.7. The molecule has 1 heterocycles. The fraction of sp³-hybridized carbons (Fsp3) is 0.417. The second-order valence-corrected chi connectivity index (χ2v) is 17.4. The van der Waals surface area contributed by atoms with E-state index < -0.39 is 38.4 Å². The molecule has 2 aromatic carbocycles. The molecule has 0 fully saturated rings. The Kier molecular flexibility index (Phi) is 12.3. The summed E-state index contributed by atoms with van der Waals surface area (Å²) in [7, 11) is -2.29. The average molecular weight is 619 g/mol. The number of esters is 3. The third kappa shape index (κ3) is 9.81. The van der Waals surface area contributed by atoms with Crippen molar-refractivity contribution in [3.63, 3.8) is 0 Å². The topological polar surface area (TPSA) is 88.1 Å². The van der Waals surface area contributed by atoms with Gasteiger partial charge in [0.2, 0.25) is 0 Å². The van der Waals surface area contributed by atoms with E-state index in [2.05, 4.69) is 46.5 Å². The molecule has 2 aromatic rings. The number of rotatable bonds is 9. The van der Waals surface area contributed by atoms with Crippen LogP contribution in [-0.4, -0.2) is 45.0 Å². The maximum atomic E-state index is 14.0. The second-order valence-electron chi connectivity index (χ2n) is 12.7. The molecule has 236 valence electrons. The molecule has 0 bridgehead atoms. The lowest BCUT2D eigenvalue weighted by Gasteiger charge is -2.37. The summed E-state index contributed by atoms with van der Waals surface area (Å²) in [5.74, 6) is -1.04. The van der Waals surface area contributed by atoms with Gasteiger partial charge >= 0.3 is 17.9 Å². The molecule has 8 heteroatoms. The van der Waals surface area contributed by atoms with Crippen LogP contribution in [0.15, 0.2) is 85.5 Å². The minimum absolute atomic E-state index is 0.0613. The number of allylic oxidation sites excluding steroid dienone is 2. The summed E-state index contributed by atoms with van der Waals surface area (Å²) >= 11 is 0. The molecule has 0 N–H and O–H groups in total. The van der Waals surface area contributed by atoms with Crippen LogP contribution in [0.5, 0.6) is 5.75 Å². The summed E-state index contributed by atoms with van der Waals surface area (Å²) < 4.78 is 23.9. The molecule has 1 aliphatic rings. The summed E-state index contributed by atoms with van der Waals surface area (Å²) in [5, 5.41) is -0.0789. The van der Waals surface area contributed by atoms with E-state index in [1.54, 1.807) is 30.3 Å². The minimum atomic E-state index is -2.29. The molecule has 1 aliphatic heterocycles. The molecule has 3 rings (SSSR count). The average Bonchev–Trinajstić information content (AvgIpc) is 2.96. The first-order chi connectivity index (χ1) is 20.8. The zero-order chi connectivity index (χ0) is 32.3. The number of hydrogen-bond donors (Lipinski definition) is 0. The summed E-state index contributed by atoms with van der Waals surface area (Å²) in [5.41, 5.74) is 1.65. The largest absolute Gasteiger partial charge is 0.543 e. The van der Waals surface area contributed by atoms with Crippen molar-refractivity contribution < 1.29 is 33.0 Å². The Morgan fingerprint density at radius 2 is 1.80 bits per heavy atom. The van der Waals surface area contributed by atoms with Crippen LogP contribution >= 0.6 is 0 Å². The highest BCUT2D eigenvalue weighted by Crippen LogP contribution is 2.39. The van der Waals surface area contributed by atoms with Gasteiger partial charge in [-0.25, -0.2) is 14.4 Å². The maximum absolute atomic E-state index is 14.0. The molecule has 0 saturated heterocycles. The van der Waals surface area contributed by atoms with Crippen molar-refractivity contribution in [2.24, 2.45) is 5.92 Å². The van der Waals surface area contributed by atoms with E-state index in [1.165, 1.54) is 12.2 Å². The minimum Gasteiger partial charge on any atom is -0.543 e. The fourth-order valence-electron chi connectivity index (χ4n) is 4.51. The van der Waals surface area contributed by atoms with Crippen molar-refractivity contribution in [1.29, 1.82) is 0 Å². The SMILES string of the molecule is C=CCOC(=O)C=CCC1C[C@@H](OC(=O)c2ccccc2)[C@@H](C)CC=CCc2cccc(O[Si](C)(C)C(C)(C)C)c2C(=O)O1. The molecule has 0 amide bonds. The Balaban J connectivity index is 1.99. The van der Waals surface area contributed by atoms with Crippen molar-refractivity contribution in [2.75, 3.05) is 6.61 Å². The Labute approximate surface area is 263 Å². The lowest BCUT2D eigenvalue weighted by Crippen LogP contribution is -2.44. The summed E-state index contributed by atoms with van der Waals surface area (Å²) in [6.07, 6.45) is 8.91. The van der Waals surface area contributed by atoms with Gasteiger partial charge in [-0.2, -0.15) is 0 Å². The van der Waals surface area contributed by atoms with Crippen molar-refractivity contribution in [2.45, 2.75) is 83.7 Å². The van der Waals surface area contributed by atoms with Crippen molar-refractivity contribution in [1.82, 2.24) is 0 Å². The third-order valence-corrected chi connectivity index (χ3v) is 12.5. The van der Waals surface area contributed by atoms with Gasteiger partial charge < -0.3 is 18.6 Å². The molecule has 0 aromatic heterocycles. The highest BCUT2D eigenvalue weighted by atomic mass is 28.4. The van der Waals surface area contributed by atoms with Gasteiger partial charge in [-0.15, -0.1) is 0 Å². The highest BCUT2D eigenvalue weighted by Gasteiger charge is 2.40. The Morgan fingerprint density at radius 1 is 1.07 bits per heavy atom. The number of carbonyl (C=O) groups excluding carboxylic acids is 3. The normalized spacial score (nSPS) is 19.6. The van der Waals surface area contributed by atoms with E-state index in [0.717, 1.165) is 5.56 Å². The van der Waals surface area contributed by atoms with Gasteiger partial charge in [0.05, 0.1) is 5.56 Å². The predicted octanol–water partition coefficient (Wildman–Crippen LogP) is 8.03. The van der Waals surface area contributed by atoms with Gasteiger partial charge in [-0.1, -0.05) is 88.9 Å². The molecule has 0 saturated carbocycles. The van der Waals surface area contributed by atoms with E-state index in [4.69, 9.17) is 18.6 Å². The van der Waals surface area contributed by atoms with Crippen LogP contribution in [0.4, 0.5) is 0 Å². The van der Waals surface area contributed by atoms with Crippen molar-refractivity contribution in [3.05, 3.63) is 102 Å². The zero-order valence-electron chi connectivity index (χ0n) is 26.8. The van der Waals surface area contributed by atoms with Crippen LogP contribution in [0.25, 0.3) is 0 Å². The zero-order valence-corrected chi connectivity index (χ0v) is 27.8. The third-order valence-electron chi connectivity index (χ3n) is 8.17. The number of carbonyl (C=O) groups is 3. The number of cyclic esters (lactones) is 1. The number of benzene rings is 2. The molecular formula is C36H46O7Si. The lowest BCUT2D eigenvalue weighted by molar-refractivity contribution is -0.136. The molecule has 3 atom stereocenters. The van der Waals surface area contributed by atoms with Crippen LogP contribution < -0.4 is 4.43 Å². The number of fused-ring (bicyclic) bond motifs is 1. The van der Waals surface area contributed by atoms with Gasteiger partial charge in [0.1, 0.15) is 30.1 Å². The molecule has 0 spiro atoms. The standard InChI is InChI=1S/C36H46O7Si/c1-8-24-40-32(37)23-15-21-29-25-31(42-34(38)28-18-10-9-11-19-28)26(2)16-12-13-17-27-20-14-22-30(33(27)35(39)41-29)43-44(6,7)36(3,4)5/h8-15,18-20,22-23,26,29,31H,1,16-17,21,24-25H2,2-7H3/t26-,29?,31+/m0/s1. The number of ether oxygens (including phenoxy) is 3. The smallest absolute Gasteiger partial charge is 0.342 e. The summed E-state index contributed by atoms with van der Waals surface area (Å²) in [4.78, 5) is 39.2. The van der Waals surface area contributed by atoms with Gasteiger partial charge in [-0.3, -0.25) is 0 Å². The van der Waals surface area contributed by atoms with Gasteiger partial charge in [0, 0.05) is 18.9 Å².